The van der Waals surface area contributed by atoms with Gasteiger partial charge in [-0.3, -0.25) is 9.36 Å². The third kappa shape index (κ3) is 6.81. The van der Waals surface area contributed by atoms with Crippen molar-refractivity contribution in [1.82, 2.24) is 14.8 Å². The van der Waals surface area contributed by atoms with Gasteiger partial charge in [-0.25, -0.2) is 4.79 Å². The molecule has 0 atom stereocenters. The molecule has 0 aliphatic heterocycles. The number of thioether (sulfide) groups is 1. The molecule has 0 spiro atoms. The fraction of sp³-hybridized carbons (Fsp3) is 0.407. The number of thiophene rings is 1. The number of ether oxygens (including phenoxy) is 2. The Morgan fingerprint density at radius 1 is 1.19 bits per heavy atom. The third-order valence-corrected chi connectivity index (χ3v) is 8.15. The monoisotopic (exact) mass is 540 g/mol. The van der Waals surface area contributed by atoms with Crippen LogP contribution < -0.4 is 10.1 Å². The molecule has 8 nitrogen and oxygen atoms in total. The van der Waals surface area contributed by atoms with Gasteiger partial charge in [0.2, 0.25) is 5.91 Å². The van der Waals surface area contributed by atoms with Gasteiger partial charge in [0, 0.05) is 11.4 Å². The highest BCUT2D eigenvalue weighted by molar-refractivity contribution is 7.99. The van der Waals surface area contributed by atoms with E-state index in [0.29, 0.717) is 34.7 Å². The lowest BCUT2D eigenvalue weighted by molar-refractivity contribution is -0.113. The van der Waals surface area contributed by atoms with Crippen molar-refractivity contribution in [3.05, 3.63) is 64.3 Å². The minimum atomic E-state index is -0.367. The number of amides is 1. The number of nitrogens with zero attached hydrogens (tertiary/aromatic N) is 3. The van der Waals surface area contributed by atoms with E-state index >= 15 is 0 Å². The zero-order valence-corrected chi connectivity index (χ0v) is 22.9. The second kappa shape index (κ2) is 12.9. The molecule has 1 aromatic carbocycles. The molecule has 10 heteroatoms. The average Bonchev–Trinajstić information content (AvgIpc) is 3.34. The molecular weight excluding hydrogens is 508 g/mol. The number of rotatable bonds is 11. The summed E-state index contributed by atoms with van der Waals surface area (Å²) >= 11 is 2.78. The molecule has 0 unspecified atom stereocenters. The lowest BCUT2D eigenvalue weighted by Gasteiger charge is -2.10. The number of carbonyl (C=O) groups excluding carboxylic acids is 2. The zero-order chi connectivity index (χ0) is 26.2. The summed E-state index contributed by atoms with van der Waals surface area (Å²) in [7, 11) is 0. The summed E-state index contributed by atoms with van der Waals surface area (Å²) in [4.78, 5) is 26.9. The quantitative estimate of drug-likeness (QED) is 0.147. The lowest BCUT2D eigenvalue weighted by atomic mass is 10.1. The zero-order valence-electron chi connectivity index (χ0n) is 21.2. The van der Waals surface area contributed by atoms with Gasteiger partial charge in [0.15, 0.2) is 11.0 Å². The van der Waals surface area contributed by atoms with Crippen LogP contribution in [0, 0.1) is 6.92 Å². The van der Waals surface area contributed by atoms with E-state index < -0.39 is 0 Å². The van der Waals surface area contributed by atoms with Crippen molar-refractivity contribution < 1.29 is 19.1 Å². The predicted octanol–water partition coefficient (Wildman–Crippen LogP) is 5.59. The van der Waals surface area contributed by atoms with Gasteiger partial charge in [0.25, 0.3) is 0 Å². The number of hydrogen-bond acceptors (Lipinski definition) is 8. The number of anilines is 1. The van der Waals surface area contributed by atoms with Gasteiger partial charge in [0.05, 0.1) is 17.9 Å². The average molecular weight is 541 g/mol. The molecule has 0 bridgehead atoms. The highest BCUT2D eigenvalue weighted by Gasteiger charge is 2.26. The molecule has 1 aliphatic rings. The number of hydrogen-bond donors (Lipinski definition) is 1. The van der Waals surface area contributed by atoms with Crippen LogP contribution in [0.1, 0.15) is 58.4 Å². The molecular formula is C27H32N4O4S2. The van der Waals surface area contributed by atoms with Crippen LogP contribution in [0.25, 0.3) is 0 Å². The van der Waals surface area contributed by atoms with Crippen LogP contribution in [0.2, 0.25) is 0 Å². The molecule has 2 aromatic heterocycles. The first-order valence-electron chi connectivity index (χ1n) is 12.5. The SMILES string of the molecule is C=CCn1c(COc2ccc(C)cc2)nnc1SCC(=O)Nc1sc2c(c1C(=O)OCC)CCCCC2. The first-order valence-corrected chi connectivity index (χ1v) is 14.3. The van der Waals surface area contributed by atoms with E-state index in [1.165, 1.54) is 28.0 Å². The summed E-state index contributed by atoms with van der Waals surface area (Å²) in [5, 5.41) is 12.7. The van der Waals surface area contributed by atoms with Crippen LogP contribution >= 0.6 is 23.1 Å². The molecule has 4 rings (SSSR count). The number of esters is 1. The number of carbonyl (C=O) groups is 2. The second-order valence-electron chi connectivity index (χ2n) is 8.73. The van der Waals surface area contributed by atoms with Crippen molar-refractivity contribution in [2.24, 2.45) is 0 Å². The highest BCUT2D eigenvalue weighted by Crippen LogP contribution is 2.38. The van der Waals surface area contributed by atoms with Gasteiger partial charge in [-0.1, -0.05) is 42.0 Å². The topological polar surface area (TPSA) is 95.3 Å². The molecule has 2 heterocycles. The van der Waals surface area contributed by atoms with Crippen molar-refractivity contribution in [1.29, 1.82) is 0 Å². The van der Waals surface area contributed by atoms with Crippen LogP contribution in [-0.2, 0) is 35.5 Å². The number of benzene rings is 1. The molecule has 1 aliphatic carbocycles. The Hall–Kier alpha value is -3.11. The molecule has 0 saturated carbocycles. The molecule has 1 amide bonds. The number of allylic oxidation sites excluding steroid dienone is 1. The van der Waals surface area contributed by atoms with Crippen LogP contribution in [0.3, 0.4) is 0 Å². The Bertz CT molecular complexity index is 1250. The lowest BCUT2D eigenvalue weighted by Crippen LogP contribution is -2.17. The Balaban J connectivity index is 1.43. The fourth-order valence-electron chi connectivity index (χ4n) is 4.17. The number of fused-ring (bicyclic) bond motifs is 1. The largest absolute Gasteiger partial charge is 0.486 e. The number of aryl methyl sites for hydroxylation is 2. The smallest absolute Gasteiger partial charge is 0.341 e. The van der Waals surface area contributed by atoms with Crippen LogP contribution in [0.15, 0.2) is 42.1 Å². The van der Waals surface area contributed by atoms with Crippen LogP contribution in [-0.4, -0.2) is 39.0 Å². The number of nitrogens with one attached hydrogen (secondary N) is 1. The standard InChI is InChI=1S/C27H32N4O4S2/c1-4-15-31-22(16-35-19-13-11-18(3)12-14-19)29-30-27(31)36-17-23(32)28-25-24(26(33)34-5-2)20-9-7-6-8-10-21(20)37-25/h4,11-14H,1,5-10,15-17H2,2-3H3,(H,28,32). The van der Waals surface area contributed by atoms with E-state index in [1.54, 1.807) is 13.0 Å². The van der Waals surface area contributed by atoms with Crippen molar-refractivity contribution in [2.75, 3.05) is 17.7 Å². The van der Waals surface area contributed by atoms with Gasteiger partial charge in [0.1, 0.15) is 17.4 Å². The van der Waals surface area contributed by atoms with E-state index in [1.807, 2.05) is 35.8 Å². The van der Waals surface area contributed by atoms with Gasteiger partial charge < -0.3 is 14.8 Å². The third-order valence-electron chi connectivity index (χ3n) is 5.98. The molecule has 0 saturated heterocycles. The van der Waals surface area contributed by atoms with Crippen LogP contribution in [0.5, 0.6) is 5.75 Å². The fourth-order valence-corrected chi connectivity index (χ4v) is 6.23. The van der Waals surface area contributed by atoms with Crippen LogP contribution in [0.4, 0.5) is 5.00 Å². The summed E-state index contributed by atoms with van der Waals surface area (Å²) in [6.45, 7) is 8.68. The van der Waals surface area contributed by atoms with Gasteiger partial charge in [-0.2, -0.15) is 0 Å². The Morgan fingerprint density at radius 2 is 1.97 bits per heavy atom. The Morgan fingerprint density at radius 3 is 2.73 bits per heavy atom. The molecule has 196 valence electrons. The first kappa shape index (κ1) is 26.9. The summed E-state index contributed by atoms with van der Waals surface area (Å²) in [6.07, 6.45) is 6.79. The Labute approximate surface area is 225 Å². The van der Waals surface area contributed by atoms with Crippen molar-refractivity contribution in [2.45, 2.75) is 64.3 Å². The van der Waals surface area contributed by atoms with E-state index in [-0.39, 0.29) is 24.2 Å². The van der Waals surface area contributed by atoms with Crippen molar-refractivity contribution in [3.8, 4) is 5.75 Å². The molecule has 3 aromatic rings. The van der Waals surface area contributed by atoms with Crippen molar-refractivity contribution in [3.63, 3.8) is 0 Å². The molecule has 37 heavy (non-hydrogen) atoms. The van der Waals surface area contributed by atoms with Crippen molar-refractivity contribution >= 4 is 40.0 Å². The Kier molecular flexibility index (Phi) is 9.40. The summed E-state index contributed by atoms with van der Waals surface area (Å²) in [5.74, 6) is 0.944. The maximum absolute atomic E-state index is 12.9. The minimum Gasteiger partial charge on any atom is -0.486 e. The second-order valence-corrected chi connectivity index (χ2v) is 10.8. The summed E-state index contributed by atoms with van der Waals surface area (Å²) in [5.41, 5.74) is 2.71. The highest BCUT2D eigenvalue weighted by atomic mass is 32.2. The normalized spacial score (nSPS) is 12.9. The molecule has 1 N–H and O–H groups in total. The van der Waals surface area contributed by atoms with E-state index in [0.717, 1.165) is 49.0 Å². The molecule has 0 radical (unpaired) electrons. The summed E-state index contributed by atoms with van der Waals surface area (Å²) < 4.78 is 13.1. The van der Waals surface area contributed by atoms with E-state index in [9.17, 15) is 9.59 Å². The number of aromatic nitrogens is 3. The van der Waals surface area contributed by atoms with Gasteiger partial charge in [-0.05, 0) is 57.2 Å². The minimum absolute atomic E-state index is 0.124. The van der Waals surface area contributed by atoms with Gasteiger partial charge in [-0.15, -0.1) is 28.1 Å². The predicted molar refractivity (Wildman–Crippen MR) is 147 cm³/mol. The van der Waals surface area contributed by atoms with Gasteiger partial charge >= 0.3 is 5.97 Å². The van der Waals surface area contributed by atoms with E-state index in [4.69, 9.17) is 9.47 Å². The maximum atomic E-state index is 12.9. The molecule has 0 fully saturated rings. The maximum Gasteiger partial charge on any atom is 0.341 e. The van der Waals surface area contributed by atoms with E-state index in [2.05, 4.69) is 22.1 Å². The first-order chi connectivity index (χ1) is 18.0. The summed E-state index contributed by atoms with van der Waals surface area (Å²) in [6, 6.07) is 7.81.